The molecule has 1 aromatic carbocycles. The number of rotatable bonds is 5. The highest BCUT2D eigenvalue weighted by Gasteiger charge is 2.12. The molecule has 0 fully saturated rings. The first kappa shape index (κ1) is 13.7. The molecular formula is C15H14N2O3. The van der Waals surface area contributed by atoms with E-state index in [2.05, 4.69) is 0 Å². The van der Waals surface area contributed by atoms with Crippen LogP contribution < -0.4 is 4.74 Å². The molecule has 2 aromatic rings. The number of carbonyl (C=O) groups excluding carboxylic acids is 1. The van der Waals surface area contributed by atoms with Crippen LogP contribution in [0.1, 0.15) is 11.3 Å². The van der Waals surface area contributed by atoms with E-state index in [-0.39, 0.29) is 12.5 Å². The van der Waals surface area contributed by atoms with E-state index in [0.717, 1.165) is 0 Å². The maximum absolute atomic E-state index is 11.9. The number of benzene rings is 1. The zero-order chi connectivity index (χ0) is 14.4. The van der Waals surface area contributed by atoms with Gasteiger partial charge in [-0.05, 0) is 24.3 Å². The second-order valence-corrected chi connectivity index (χ2v) is 4.23. The predicted octanol–water partition coefficient (Wildman–Crippen LogP) is 2.19. The minimum atomic E-state index is -0.186. The second-order valence-electron chi connectivity index (χ2n) is 4.23. The molecule has 1 aromatic heterocycles. The Morgan fingerprint density at radius 1 is 1.35 bits per heavy atom. The SMILES string of the molecule is CN(Cc1ccco1)C(=O)COc1ccccc1C#N. The summed E-state index contributed by atoms with van der Waals surface area (Å²) in [6, 6.07) is 12.4. The Labute approximate surface area is 117 Å². The molecule has 0 aliphatic rings. The highest BCUT2D eigenvalue weighted by Crippen LogP contribution is 2.16. The zero-order valence-corrected chi connectivity index (χ0v) is 11.1. The fourth-order valence-corrected chi connectivity index (χ4v) is 1.66. The zero-order valence-electron chi connectivity index (χ0n) is 11.1. The van der Waals surface area contributed by atoms with Crippen molar-refractivity contribution in [3.63, 3.8) is 0 Å². The van der Waals surface area contributed by atoms with Crippen LogP contribution in [0.5, 0.6) is 5.75 Å². The lowest BCUT2D eigenvalue weighted by Gasteiger charge is -2.16. The molecule has 20 heavy (non-hydrogen) atoms. The number of ether oxygens (including phenoxy) is 1. The monoisotopic (exact) mass is 270 g/mol. The number of para-hydroxylation sites is 1. The molecule has 1 amide bonds. The molecule has 0 saturated carbocycles. The molecule has 0 N–H and O–H groups in total. The first-order valence-corrected chi connectivity index (χ1v) is 6.09. The molecule has 0 bridgehead atoms. The van der Waals surface area contributed by atoms with Crippen LogP contribution in [0, 0.1) is 11.3 Å². The largest absolute Gasteiger partial charge is 0.482 e. The Balaban J connectivity index is 1.90. The van der Waals surface area contributed by atoms with E-state index in [1.54, 1.807) is 49.7 Å². The average molecular weight is 270 g/mol. The Bertz CT molecular complexity index is 614. The summed E-state index contributed by atoms with van der Waals surface area (Å²) in [7, 11) is 1.67. The number of nitrogens with zero attached hydrogens (tertiary/aromatic N) is 2. The van der Waals surface area contributed by atoms with Gasteiger partial charge in [0.25, 0.3) is 5.91 Å². The molecule has 0 unspecified atom stereocenters. The second kappa shape index (κ2) is 6.43. The first-order valence-electron chi connectivity index (χ1n) is 6.09. The maximum Gasteiger partial charge on any atom is 0.260 e. The van der Waals surface area contributed by atoms with Crippen molar-refractivity contribution in [2.75, 3.05) is 13.7 Å². The van der Waals surface area contributed by atoms with Crippen LogP contribution in [0.25, 0.3) is 0 Å². The van der Waals surface area contributed by atoms with Crippen molar-refractivity contribution in [2.24, 2.45) is 0 Å². The Morgan fingerprint density at radius 3 is 2.85 bits per heavy atom. The van der Waals surface area contributed by atoms with E-state index < -0.39 is 0 Å². The van der Waals surface area contributed by atoms with E-state index in [1.807, 2.05) is 6.07 Å². The van der Waals surface area contributed by atoms with Crippen LogP contribution >= 0.6 is 0 Å². The molecule has 0 aliphatic heterocycles. The molecule has 0 saturated heterocycles. The number of nitriles is 1. The number of hydrogen-bond donors (Lipinski definition) is 0. The summed E-state index contributed by atoms with van der Waals surface area (Å²) < 4.78 is 10.6. The number of amides is 1. The van der Waals surface area contributed by atoms with Crippen LogP contribution in [0.3, 0.4) is 0 Å². The summed E-state index contributed by atoms with van der Waals surface area (Å²) in [6.07, 6.45) is 1.56. The van der Waals surface area contributed by atoms with Gasteiger partial charge in [-0.3, -0.25) is 4.79 Å². The molecule has 102 valence electrons. The molecule has 0 aliphatic carbocycles. The van der Waals surface area contributed by atoms with Crippen molar-refractivity contribution in [3.05, 3.63) is 54.0 Å². The van der Waals surface area contributed by atoms with Gasteiger partial charge >= 0.3 is 0 Å². The van der Waals surface area contributed by atoms with Crippen LogP contribution in [0.15, 0.2) is 47.1 Å². The van der Waals surface area contributed by atoms with Gasteiger partial charge in [-0.2, -0.15) is 5.26 Å². The number of likely N-dealkylation sites (N-methyl/N-ethyl adjacent to an activating group) is 1. The quantitative estimate of drug-likeness (QED) is 0.835. The highest BCUT2D eigenvalue weighted by atomic mass is 16.5. The molecule has 1 heterocycles. The van der Waals surface area contributed by atoms with E-state index in [9.17, 15) is 4.79 Å². The lowest BCUT2D eigenvalue weighted by atomic mass is 10.2. The Morgan fingerprint density at radius 2 is 2.15 bits per heavy atom. The van der Waals surface area contributed by atoms with E-state index in [1.165, 1.54) is 4.90 Å². The number of carbonyl (C=O) groups is 1. The van der Waals surface area contributed by atoms with Crippen molar-refractivity contribution in [2.45, 2.75) is 6.54 Å². The van der Waals surface area contributed by atoms with Gasteiger partial charge in [0.1, 0.15) is 17.6 Å². The van der Waals surface area contributed by atoms with Gasteiger partial charge in [0.15, 0.2) is 6.61 Å². The van der Waals surface area contributed by atoms with Gasteiger partial charge in [-0.15, -0.1) is 0 Å². The van der Waals surface area contributed by atoms with Crippen LogP contribution in [0.2, 0.25) is 0 Å². The van der Waals surface area contributed by atoms with Crippen LogP contribution in [-0.2, 0) is 11.3 Å². The molecule has 2 rings (SSSR count). The van der Waals surface area contributed by atoms with Gasteiger partial charge in [-0.1, -0.05) is 12.1 Å². The van der Waals surface area contributed by atoms with Gasteiger partial charge in [-0.25, -0.2) is 0 Å². The fraction of sp³-hybridized carbons (Fsp3) is 0.200. The molecular weight excluding hydrogens is 256 g/mol. The standard InChI is InChI=1S/C15H14N2O3/c1-17(10-13-6-4-8-19-13)15(18)11-20-14-7-3-2-5-12(14)9-16/h2-8H,10-11H2,1H3. The predicted molar refractivity (Wildman–Crippen MR) is 71.8 cm³/mol. The van der Waals surface area contributed by atoms with Crippen molar-refractivity contribution in [3.8, 4) is 11.8 Å². The maximum atomic E-state index is 11.9. The van der Waals surface area contributed by atoms with Crippen molar-refractivity contribution in [1.82, 2.24) is 4.90 Å². The van der Waals surface area contributed by atoms with Crippen molar-refractivity contribution in [1.29, 1.82) is 5.26 Å². The lowest BCUT2D eigenvalue weighted by Crippen LogP contribution is -2.30. The topological polar surface area (TPSA) is 66.5 Å². The third-order valence-corrected chi connectivity index (χ3v) is 2.76. The number of hydrogen-bond acceptors (Lipinski definition) is 4. The van der Waals surface area contributed by atoms with Crippen molar-refractivity contribution >= 4 is 5.91 Å². The summed E-state index contributed by atoms with van der Waals surface area (Å²) in [5.41, 5.74) is 0.411. The summed E-state index contributed by atoms with van der Waals surface area (Å²) in [6.45, 7) is 0.269. The minimum Gasteiger partial charge on any atom is -0.482 e. The summed E-state index contributed by atoms with van der Waals surface area (Å²) >= 11 is 0. The summed E-state index contributed by atoms with van der Waals surface area (Å²) in [5, 5.41) is 8.93. The average Bonchev–Trinajstić information content (AvgIpc) is 2.97. The van der Waals surface area contributed by atoms with Gasteiger partial charge < -0.3 is 14.1 Å². The third-order valence-electron chi connectivity index (χ3n) is 2.76. The van der Waals surface area contributed by atoms with E-state index in [4.69, 9.17) is 14.4 Å². The molecule has 5 nitrogen and oxygen atoms in total. The highest BCUT2D eigenvalue weighted by molar-refractivity contribution is 5.77. The van der Waals surface area contributed by atoms with Gasteiger partial charge in [0.05, 0.1) is 18.4 Å². The van der Waals surface area contributed by atoms with Gasteiger partial charge in [0, 0.05) is 7.05 Å². The number of furan rings is 1. The van der Waals surface area contributed by atoms with E-state index >= 15 is 0 Å². The smallest absolute Gasteiger partial charge is 0.260 e. The first-order chi connectivity index (χ1) is 9.70. The van der Waals surface area contributed by atoms with E-state index in [0.29, 0.717) is 23.6 Å². The van der Waals surface area contributed by atoms with Crippen LogP contribution in [0.4, 0.5) is 0 Å². The van der Waals surface area contributed by atoms with Crippen molar-refractivity contribution < 1.29 is 13.9 Å². The Hall–Kier alpha value is -2.74. The molecule has 5 heteroatoms. The minimum absolute atomic E-state index is 0.115. The summed E-state index contributed by atoms with van der Waals surface area (Å²) in [4.78, 5) is 13.4. The summed E-state index contributed by atoms with van der Waals surface area (Å²) in [5.74, 6) is 0.933. The van der Waals surface area contributed by atoms with Crippen LogP contribution in [-0.4, -0.2) is 24.5 Å². The third kappa shape index (κ3) is 3.39. The normalized spacial score (nSPS) is 9.80. The molecule has 0 atom stereocenters. The van der Waals surface area contributed by atoms with Gasteiger partial charge in [0.2, 0.25) is 0 Å². The lowest BCUT2D eigenvalue weighted by molar-refractivity contribution is -0.132. The Kier molecular flexibility index (Phi) is 4.40. The fourth-order valence-electron chi connectivity index (χ4n) is 1.66. The molecule has 0 radical (unpaired) electrons. The molecule has 0 spiro atoms.